The van der Waals surface area contributed by atoms with Crippen LogP contribution in [0, 0.1) is 5.92 Å². The third-order valence-electron chi connectivity index (χ3n) is 3.16. The highest BCUT2D eigenvalue weighted by atomic mass is 16.5. The lowest BCUT2D eigenvalue weighted by Crippen LogP contribution is -2.36. The summed E-state index contributed by atoms with van der Waals surface area (Å²) in [7, 11) is 0. The summed E-state index contributed by atoms with van der Waals surface area (Å²) in [5.41, 5.74) is 1.08. The molecule has 1 saturated heterocycles. The number of ether oxygens (including phenoxy) is 1. The third kappa shape index (κ3) is 3.08. The number of carbonyl (C=O) groups excluding carboxylic acids is 1. The number of nitrogens with zero attached hydrogens (tertiary/aromatic N) is 1. The summed E-state index contributed by atoms with van der Waals surface area (Å²) in [6, 6.07) is 0.503. The second-order valence-corrected chi connectivity index (χ2v) is 5.17. The van der Waals surface area contributed by atoms with Gasteiger partial charge in [-0.15, -0.1) is 0 Å². The van der Waals surface area contributed by atoms with Gasteiger partial charge in [0.05, 0.1) is 6.61 Å². The summed E-state index contributed by atoms with van der Waals surface area (Å²) in [6.45, 7) is 6.52. The first kappa shape index (κ1) is 11.6. The van der Waals surface area contributed by atoms with Gasteiger partial charge in [-0.2, -0.15) is 0 Å². The summed E-state index contributed by atoms with van der Waals surface area (Å²) < 4.78 is 5.37. The first-order valence-corrected chi connectivity index (χ1v) is 6.20. The van der Waals surface area contributed by atoms with E-state index in [-0.39, 0.29) is 5.91 Å². The Morgan fingerprint density at radius 2 is 2.12 bits per heavy atom. The molecule has 0 radical (unpaired) electrons. The molecular weight excluding hydrogens is 202 g/mol. The van der Waals surface area contributed by atoms with Crippen LogP contribution in [0.2, 0.25) is 0 Å². The van der Waals surface area contributed by atoms with Gasteiger partial charge in [0, 0.05) is 31.2 Å². The maximum absolute atomic E-state index is 12.0. The fraction of sp³-hybridized carbons (Fsp3) is 0.769. The van der Waals surface area contributed by atoms with Gasteiger partial charge in [-0.1, -0.05) is 5.57 Å². The van der Waals surface area contributed by atoms with Crippen molar-refractivity contribution in [3.8, 4) is 0 Å². The average Bonchev–Trinajstić information content (AvgIpc) is 2.91. The second-order valence-electron chi connectivity index (χ2n) is 5.17. The topological polar surface area (TPSA) is 29.5 Å². The highest BCUT2D eigenvalue weighted by Crippen LogP contribution is 2.29. The van der Waals surface area contributed by atoms with E-state index in [4.69, 9.17) is 4.74 Å². The molecule has 0 spiro atoms. The maximum atomic E-state index is 12.0. The Balaban J connectivity index is 1.93. The quantitative estimate of drug-likeness (QED) is 0.682. The highest BCUT2D eigenvalue weighted by molar-refractivity contribution is 5.88. The molecule has 2 aliphatic rings. The first-order chi connectivity index (χ1) is 7.66. The second kappa shape index (κ2) is 5.00. The fourth-order valence-electron chi connectivity index (χ4n) is 2.14. The zero-order chi connectivity index (χ0) is 11.5. The molecule has 1 heterocycles. The van der Waals surface area contributed by atoms with Crippen molar-refractivity contribution in [2.45, 2.75) is 39.2 Å². The predicted octanol–water partition coefficient (Wildman–Crippen LogP) is 1.98. The summed E-state index contributed by atoms with van der Waals surface area (Å²) in [5.74, 6) is 0.740. The molecule has 1 aliphatic carbocycles. The zero-order valence-corrected chi connectivity index (χ0v) is 10.2. The summed E-state index contributed by atoms with van der Waals surface area (Å²) in [6.07, 6.45) is 5.21. The summed E-state index contributed by atoms with van der Waals surface area (Å²) in [5, 5.41) is 0. The molecule has 1 aliphatic heterocycles. The number of hydrogen-bond acceptors (Lipinski definition) is 2. The van der Waals surface area contributed by atoms with Crippen molar-refractivity contribution in [1.29, 1.82) is 0 Å². The number of allylic oxidation sites excluding steroid dienone is 1. The van der Waals surface area contributed by atoms with Gasteiger partial charge in [0.15, 0.2) is 0 Å². The first-order valence-electron chi connectivity index (χ1n) is 6.20. The van der Waals surface area contributed by atoms with Crippen LogP contribution in [0.5, 0.6) is 0 Å². The molecule has 0 N–H and O–H groups in total. The Kier molecular flexibility index (Phi) is 3.64. The van der Waals surface area contributed by atoms with Gasteiger partial charge in [0.2, 0.25) is 5.91 Å². The van der Waals surface area contributed by atoms with E-state index in [9.17, 15) is 4.79 Å². The monoisotopic (exact) mass is 223 g/mol. The normalized spacial score (nSPS) is 24.2. The van der Waals surface area contributed by atoms with Crippen molar-refractivity contribution >= 4 is 5.91 Å². The minimum atomic E-state index is 0.189. The van der Waals surface area contributed by atoms with Crippen LogP contribution in [-0.2, 0) is 9.53 Å². The van der Waals surface area contributed by atoms with Gasteiger partial charge in [-0.05, 0) is 33.1 Å². The van der Waals surface area contributed by atoms with Crippen molar-refractivity contribution in [2.24, 2.45) is 5.92 Å². The number of amides is 1. The van der Waals surface area contributed by atoms with Crippen LogP contribution >= 0.6 is 0 Å². The molecule has 1 amide bonds. The Hall–Kier alpha value is -0.830. The number of hydrogen-bond donors (Lipinski definition) is 0. The van der Waals surface area contributed by atoms with Crippen molar-refractivity contribution in [3.63, 3.8) is 0 Å². The van der Waals surface area contributed by atoms with Gasteiger partial charge in [-0.25, -0.2) is 0 Å². The molecule has 0 aromatic heterocycles. The maximum Gasteiger partial charge on any atom is 0.246 e. The Bertz CT molecular complexity index is 284. The molecule has 0 bridgehead atoms. The van der Waals surface area contributed by atoms with E-state index in [2.05, 4.69) is 0 Å². The van der Waals surface area contributed by atoms with Crippen LogP contribution in [0.4, 0.5) is 0 Å². The molecule has 3 heteroatoms. The van der Waals surface area contributed by atoms with E-state index in [1.807, 2.05) is 18.7 Å². The van der Waals surface area contributed by atoms with E-state index in [0.717, 1.165) is 31.8 Å². The minimum absolute atomic E-state index is 0.189. The minimum Gasteiger partial charge on any atom is -0.381 e. The number of rotatable bonds is 4. The van der Waals surface area contributed by atoms with Crippen LogP contribution in [0.25, 0.3) is 0 Å². The molecule has 16 heavy (non-hydrogen) atoms. The lowest BCUT2D eigenvalue weighted by Gasteiger charge is -2.24. The standard InChI is InChI=1S/C13H21NO2/c1-10(2)7-13(15)14(12-3-4-12)8-11-5-6-16-9-11/h7,11-12H,3-6,8-9H2,1-2H3. The van der Waals surface area contributed by atoms with Crippen LogP contribution in [0.3, 0.4) is 0 Å². The Morgan fingerprint density at radius 1 is 1.38 bits per heavy atom. The van der Waals surface area contributed by atoms with E-state index < -0.39 is 0 Å². The third-order valence-corrected chi connectivity index (χ3v) is 3.16. The number of carbonyl (C=O) groups is 1. The lowest BCUT2D eigenvalue weighted by atomic mass is 10.1. The van der Waals surface area contributed by atoms with Crippen molar-refractivity contribution in [1.82, 2.24) is 4.90 Å². The van der Waals surface area contributed by atoms with Crippen molar-refractivity contribution < 1.29 is 9.53 Å². The van der Waals surface area contributed by atoms with Gasteiger partial charge in [-0.3, -0.25) is 4.79 Å². The molecule has 1 atom stereocenters. The van der Waals surface area contributed by atoms with E-state index in [1.54, 1.807) is 6.08 Å². The van der Waals surface area contributed by atoms with Crippen LogP contribution in [-0.4, -0.2) is 36.6 Å². The lowest BCUT2D eigenvalue weighted by molar-refractivity contribution is -0.127. The summed E-state index contributed by atoms with van der Waals surface area (Å²) in [4.78, 5) is 14.1. The predicted molar refractivity (Wildman–Crippen MR) is 63.1 cm³/mol. The van der Waals surface area contributed by atoms with Crippen LogP contribution in [0.15, 0.2) is 11.6 Å². The van der Waals surface area contributed by atoms with E-state index in [0.29, 0.717) is 12.0 Å². The van der Waals surface area contributed by atoms with Crippen molar-refractivity contribution in [3.05, 3.63) is 11.6 Å². The van der Waals surface area contributed by atoms with Crippen LogP contribution < -0.4 is 0 Å². The molecular formula is C13H21NO2. The highest BCUT2D eigenvalue weighted by Gasteiger charge is 2.33. The molecule has 1 saturated carbocycles. The molecule has 0 aromatic carbocycles. The van der Waals surface area contributed by atoms with E-state index in [1.165, 1.54) is 12.8 Å². The Labute approximate surface area is 97.5 Å². The molecule has 0 aromatic rings. The molecule has 90 valence electrons. The van der Waals surface area contributed by atoms with Gasteiger partial charge in [0.1, 0.15) is 0 Å². The molecule has 1 unspecified atom stereocenters. The van der Waals surface area contributed by atoms with E-state index >= 15 is 0 Å². The molecule has 2 rings (SSSR count). The van der Waals surface area contributed by atoms with Crippen molar-refractivity contribution in [2.75, 3.05) is 19.8 Å². The summed E-state index contributed by atoms with van der Waals surface area (Å²) >= 11 is 0. The average molecular weight is 223 g/mol. The largest absolute Gasteiger partial charge is 0.381 e. The van der Waals surface area contributed by atoms with Gasteiger partial charge >= 0.3 is 0 Å². The fourth-order valence-corrected chi connectivity index (χ4v) is 2.14. The van der Waals surface area contributed by atoms with Crippen LogP contribution in [0.1, 0.15) is 33.1 Å². The smallest absolute Gasteiger partial charge is 0.246 e. The molecule has 2 fully saturated rings. The Morgan fingerprint density at radius 3 is 2.62 bits per heavy atom. The van der Waals surface area contributed by atoms with Gasteiger partial charge in [0.25, 0.3) is 0 Å². The molecule has 3 nitrogen and oxygen atoms in total. The SMILES string of the molecule is CC(C)=CC(=O)N(CC1CCOC1)C1CC1. The van der Waals surface area contributed by atoms with Gasteiger partial charge < -0.3 is 9.64 Å². The zero-order valence-electron chi connectivity index (χ0n) is 10.2.